The number of thioether (sulfide) groups is 1. The molecule has 8 heteroatoms. The third kappa shape index (κ3) is 6.83. The average Bonchev–Trinajstić information content (AvgIpc) is 3.12. The number of fused-ring (bicyclic) bond motifs is 1. The van der Waals surface area contributed by atoms with E-state index in [-0.39, 0.29) is 12.5 Å². The van der Waals surface area contributed by atoms with E-state index in [1.165, 1.54) is 16.9 Å². The highest BCUT2D eigenvalue weighted by Crippen LogP contribution is 2.38. The highest BCUT2D eigenvalue weighted by Gasteiger charge is 2.27. The molecular weight excluding hydrogens is 432 g/mol. The molecule has 2 aromatic rings. The van der Waals surface area contributed by atoms with Crippen molar-refractivity contribution < 1.29 is 19.1 Å². The molecular formula is C23H28N2O4S2. The summed E-state index contributed by atoms with van der Waals surface area (Å²) < 4.78 is 4.83. The summed E-state index contributed by atoms with van der Waals surface area (Å²) in [7, 11) is 0. The number of aryl methyl sites for hydroxylation is 1. The van der Waals surface area contributed by atoms with Crippen LogP contribution in [0.5, 0.6) is 0 Å². The first-order chi connectivity index (χ1) is 15.1. The molecule has 0 spiro atoms. The summed E-state index contributed by atoms with van der Waals surface area (Å²) in [5.41, 5.74) is 2.64. The van der Waals surface area contributed by atoms with Crippen molar-refractivity contribution in [3.8, 4) is 0 Å². The number of benzene rings is 1. The lowest BCUT2D eigenvalue weighted by atomic mass is 9.95. The lowest BCUT2D eigenvalue weighted by molar-refractivity contribution is -0.116. The minimum atomic E-state index is -0.768. The van der Waals surface area contributed by atoms with Crippen LogP contribution in [0.2, 0.25) is 0 Å². The zero-order valence-electron chi connectivity index (χ0n) is 17.7. The lowest BCUT2D eigenvalue weighted by Crippen LogP contribution is -2.32. The predicted molar refractivity (Wildman–Crippen MR) is 126 cm³/mol. The Morgan fingerprint density at radius 2 is 1.90 bits per heavy atom. The molecule has 0 bridgehead atoms. The zero-order valence-corrected chi connectivity index (χ0v) is 19.3. The van der Waals surface area contributed by atoms with Gasteiger partial charge >= 0.3 is 6.09 Å². The summed E-state index contributed by atoms with van der Waals surface area (Å²) in [4.78, 5) is 38.1. The molecule has 1 heterocycles. The van der Waals surface area contributed by atoms with Gasteiger partial charge in [-0.1, -0.05) is 30.3 Å². The molecule has 0 atom stereocenters. The van der Waals surface area contributed by atoms with Crippen LogP contribution in [0.1, 0.15) is 59.0 Å². The Hall–Kier alpha value is -2.32. The number of anilines is 1. The van der Waals surface area contributed by atoms with Crippen molar-refractivity contribution in [2.75, 3.05) is 17.7 Å². The SMILES string of the molecule is CCOC(=O)NC(=O)c1c(NC(=O)CCCSCc2ccccc2)sc2c1CCCC2. The van der Waals surface area contributed by atoms with Gasteiger partial charge in [-0.3, -0.25) is 14.9 Å². The van der Waals surface area contributed by atoms with Crippen LogP contribution in [0.3, 0.4) is 0 Å². The van der Waals surface area contributed by atoms with Gasteiger partial charge in [0.25, 0.3) is 5.91 Å². The fourth-order valence-electron chi connectivity index (χ4n) is 3.50. The minimum absolute atomic E-state index is 0.107. The van der Waals surface area contributed by atoms with Gasteiger partial charge in [0.15, 0.2) is 0 Å². The molecule has 0 saturated heterocycles. The van der Waals surface area contributed by atoms with Gasteiger partial charge in [-0.25, -0.2) is 4.79 Å². The van der Waals surface area contributed by atoms with Crippen LogP contribution in [0.25, 0.3) is 0 Å². The van der Waals surface area contributed by atoms with Gasteiger partial charge in [-0.2, -0.15) is 11.8 Å². The normalized spacial score (nSPS) is 12.7. The van der Waals surface area contributed by atoms with Crippen LogP contribution < -0.4 is 10.6 Å². The Balaban J connectivity index is 1.55. The maximum absolute atomic E-state index is 12.7. The Bertz CT molecular complexity index is 912. The summed E-state index contributed by atoms with van der Waals surface area (Å²) >= 11 is 3.25. The van der Waals surface area contributed by atoms with Gasteiger partial charge in [-0.15, -0.1) is 11.3 Å². The molecule has 1 aliphatic rings. The van der Waals surface area contributed by atoms with Crippen LogP contribution in [0.4, 0.5) is 9.80 Å². The first-order valence-electron chi connectivity index (χ1n) is 10.6. The molecule has 0 fully saturated rings. The Labute approximate surface area is 191 Å². The number of rotatable bonds is 9. The second-order valence-electron chi connectivity index (χ2n) is 7.28. The smallest absolute Gasteiger partial charge is 0.414 e. The van der Waals surface area contributed by atoms with E-state index < -0.39 is 12.0 Å². The summed E-state index contributed by atoms with van der Waals surface area (Å²) in [5.74, 6) is 1.20. The van der Waals surface area contributed by atoms with E-state index in [2.05, 4.69) is 22.8 Å². The van der Waals surface area contributed by atoms with Gasteiger partial charge < -0.3 is 10.1 Å². The molecule has 0 saturated carbocycles. The van der Waals surface area contributed by atoms with E-state index in [1.54, 1.807) is 18.7 Å². The number of alkyl carbamates (subject to hydrolysis) is 1. The fourth-order valence-corrected chi connectivity index (χ4v) is 5.73. The first kappa shape index (κ1) is 23.3. The molecule has 0 radical (unpaired) electrons. The van der Waals surface area contributed by atoms with Gasteiger partial charge in [-0.05, 0) is 55.9 Å². The number of imide groups is 1. The molecule has 1 aromatic carbocycles. The summed E-state index contributed by atoms with van der Waals surface area (Å²) in [5, 5.41) is 5.73. The van der Waals surface area contributed by atoms with Crippen molar-refractivity contribution in [1.29, 1.82) is 0 Å². The van der Waals surface area contributed by atoms with E-state index in [0.29, 0.717) is 17.0 Å². The molecule has 0 unspecified atom stereocenters. The van der Waals surface area contributed by atoms with Crippen LogP contribution >= 0.6 is 23.1 Å². The van der Waals surface area contributed by atoms with Gasteiger partial charge in [0.2, 0.25) is 5.91 Å². The Morgan fingerprint density at radius 3 is 2.68 bits per heavy atom. The second-order valence-corrected chi connectivity index (χ2v) is 9.49. The molecule has 3 amide bonds. The highest BCUT2D eigenvalue weighted by molar-refractivity contribution is 7.98. The Kier molecular flexibility index (Phi) is 8.97. The van der Waals surface area contributed by atoms with E-state index in [4.69, 9.17) is 4.74 Å². The lowest BCUT2D eigenvalue weighted by Gasteiger charge is -2.13. The maximum Gasteiger partial charge on any atom is 0.414 e. The molecule has 1 aromatic heterocycles. The van der Waals surface area contributed by atoms with Crippen molar-refractivity contribution in [2.24, 2.45) is 0 Å². The number of hydrogen-bond acceptors (Lipinski definition) is 6. The average molecular weight is 461 g/mol. The standard InChI is InChI=1S/C23H28N2O4S2/c1-2-29-23(28)25-21(27)20-17-11-6-7-12-18(17)31-22(20)24-19(26)13-8-14-30-15-16-9-4-3-5-10-16/h3-5,9-10H,2,6-8,11-15H2,1H3,(H,24,26)(H,25,27,28). The number of hydrogen-bond donors (Lipinski definition) is 2. The molecule has 166 valence electrons. The van der Waals surface area contributed by atoms with Crippen LogP contribution in [0.15, 0.2) is 30.3 Å². The topological polar surface area (TPSA) is 84.5 Å². The molecule has 31 heavy (non-hydrogen) atoms. The second kappa shape index (κ2) is 11.9. The minimum Gasteiger partial charge on any atom is -0.450 e. The number of carbonyl (C=O) groups is 3. The zero-order chi connectivity index (χ0) is 22.1. The van der Waals surface area contributed by atoms with E-state index in [9.17, 15) is 14.4 Å². The number of amides is 3. The monoisotopic (exact) mass is 460 g/mol. The summed E-state index contributed by atoms with van der Waals surface area (Å²) in [6.07, 6.45) is 4.13. The number of carbonyl (C=O) groups excluding carboxylic acids is 3. The van der Waals surface area contributed by atoms with E-state index in [0.717, 1.165) is 54.1 Å². The van der Waals surface area contributed by atoms with E-state index >= 15 is 0 Å². The first-order valence-corrected chi connectivity index (χ1v) is 12.6. The van der Waals surface area contributed by atoms with Crippen LogP contribution in [-0.2, 0) is 28.1 Å². The van der Waals surface area contributed by atoms with Gasteiger partial charge in [0.05, 0.1) is 12.2 Å². The van der Waals surface area contributed by atoms with E-state index in [1.807, 2.05) is 18.2 Å². The predicted octanol–water partition coefficient (Wildman–Crippen LogP) is 5.17. The van der Waals surface area contributed by atoms with Crippen molar-refractivity contribution in [1.82, 2.24) is 5.32 Å². The molecule has 3 rings (SSSR count). The number of nitrogens with one attached hydrogen (secondary N) is 2. The van der Waals surface area contributed by atoms with Crippen molar-refractivity contribution in [2.45, 2.75) is 51.2 Å². The quantitative estimate of drug-likeness (QED) is 0.505. The van der Waals surface area contributed by atoms with Crippen LogP contribution in [0, 0.1) is 0 Å². The fraction of sp³-hybridized carbons (Fsp3) is 0.435. The number of thiophene rings is 1. The summed E-state index contributed by atoms with van der Waals surface area (Å²) in [6.45, 7) is 1.87. The maximum atomic E-state index is 12.7. The molecule has 1 aliphatic carbocycles. The van der Waals surface area contributed by atoms with Crippen LogP contribution in [-0.4, -0.2) is 30.3 Å². The van der Waals surface area contributed by atoms with Gasteiger partial charge in [0, 0.05) is 17.1 Å². The third-order valence-corrected chi connectivity index (χ3v) is 7.27. The van der Waals surface area contributed by atoms with Crippen molar-refractivity contribution >= 4 is 46.0 Å². The van der Waals surface area contributed by atoms with Gasteiger partial charge in [0.1, 0.15) is 5.00 Å². The van der Waals surface area contributed by atoms with Crippen molar-refractivity contribution in [3.05, 3.63) is 51.9 Å². The number of ether oxygens (including phenoxy) is 1. The Morgan fingerprint density at radius 1 is 1.13 bits per heavy atom. The highest BCUT2D eigenvalue weighted by atomic mass is 32.2. The largest absolute Gasteiger partial charge is 0.450 e. The molecule has 2 N–H and O–H groups in total. The molecule has 0 aliphatic heterocycles. The summed E-state index contributed by atoms with van der Waals surface area (Å²) in [6, 6.07) is 10.3. The van der Waals surface area contributed by atoms with Crippen molar-refractivity contribution in [3.63, 3.8) is 0 Å². The third-order valence-electron chi connectivity index (χ3n) is 4.95. The molecule has 6 nitrogen and oxygen atoms in total.